The number of rotatable bonds is 6. The van der Waals surface area contributed by atoms with E-state index in [0.29, 0.717) is 17.8 Å². The zero-order chi connectivity index (χ0) is 19.6. The molecular formula is C19H24N4O3S. The summed E-state index contributed by atoms with van der Waals surface area (Å²) in [5.41, 5.74) is 3.46. The summed E-state index contributed by atoms with van der Waals surface area (Å²) in [5.74, 6) is -0.416. The lowest BCUT2D eigenvalue weighted by Gasteiger charge is -2.35. The molecule has 2 aromatic rings. The Balaban J connectivity index is 1.98. The Kier molecular flexibility index (Phi) is 5.65. The smallest absolute Gasteiger partial charge is 0.338 e. The van der Waals surface area contributed by atoms with Crippen LogP contribution in [0.5, 0.6) is 0 Å². The van der Waals surface area contributed by atoms with Crippen LogP contribution in [0.25, 0.3) is 0 Å². The first kappa shape index (κ1) is 19.2. The third-order valence-corrected chi connectivity index (χ3v) is 5.66. The molecule has 0 spiro atoms. The summed E-state index contributed by atoms with van der Waals surface area (Å²) >= 11 is 1.65. The minimum absolute atomic E-state index is 0.220. The van der Waals surface area contributed by atoms with Gasteiger partial charge in [-0.1, -0.05) is 6.07 Å². The highest BCUT2D eigenvalue weighted by molar-refractivity contribution is 7.09. The number of thiophene rings is 1. The maximum absolute atomic E-state index is 12.8. The van der Waals surface area contributed by atoms with Crippen molar-refractivity contribution < 1.29 is 14.3 Å². The Morgan fingerprint density at radius 3 is 2.74 bits per heavy atom. The Bertz CT molecular complexity index is 850. The van der Waals surface area contributed by atoms with Gasteiger partial charge in [-0.05, 0) is 45.6 Å². The van der Waals surface area contributed by atoms with Crippen LogP contribution in [0.4, 0.5) is 4.79 Å². The zero-order valence-corrected chi connectivity index (χ0v) is 16.8. The van der Waals surface area contributed by atoms with Gasteiger partial charge in [-0.25, -0.2) is 9.59 Å². The average molecular weight is 388 g/mol. The van der Waals surface area contributed by atoms with E-state index in [0.717, 1.165) is 23.4 Å². The van der Waals surface area contributed by atoms with E-state index < -0.39 is 12.0 Å². The second kappa shape index (κ2) is 7.96. The maximum Gasteiger partial charge on any atom is 0.338 e. The van der Waals surface area contributed by atoms with Gasteiger partial charge in [0.05, 0.1) is 23.9 Å². The standard InChI is InChI=1S/C19H24N4O3S/c1-5-26-18(24)16-13(4)23(9-8-14-7-6-10-27-14)19(25)20-17(16)15-11(2)21-22-12(15)3/h6-7,10,17H,5,8-9H2,1-4H3,(H,20,25)(H,21,22)/t17-/m1/s1. The van der Waals surface area contributed by atoms with Crippen LogP contribution in [0.3, 0.4) is 0 Å². The lowest BCUT2D eigenvalue weighted by molar-refractivity contribution is -0.139. The molecule has 0 aliphatic carbocycles. The Morgan fingerprint density at radius 2 is 2.15 bits per heavy atom. The fourth-order valence-corrected chi connectivity index (χ4v) is 4.10. The summed E-state index contributed by atoms with van der Waals surface area (Å²) in [6.07, 6.45) is 0.729. The lowest BCUT2D eigenvalue weighted by atomic mass is 9.93. The summed E-state index contributed by atoms with van der Waals surface area (Å²) in [6.45, 7) is 8.07. The predicted octanol–water partition coefficient (Wildman–Crippen LogP) is 3.23. The summed E-state index contributed by atoms with van der Waals surface area (Å²) in [7, 11) is 0. The predicted molar refractivity (Wildman–Crippen MR) is 103 cm³/mol. The highest BCUT2D eigenvalue weighted by Crippen LogP contribution is 2.34. The molecule has 2 N–H and O–H groups in total. The van der Waals surface area contributed by atoms with Crippen LogP contribution >= 0.6 is 11.3 Å². The van der Waals surface area contributed by atoms with Crippen molar-refractivity contribution in [2.75, 3.05) is 13.2 Å². The lowest BCUT2D eigenvalue weighted by Crippen LogP contribution is -2.48. The van der Waals surface area contributed by atoms with E-state index in [1.165, 1.54) is 4.88 Å². The Labute approximate surface area is 162 Å². The summed E-state index contributed by atoms with van der Waals surface area (Å²) in [5, 5.41) is 12.1. The molecule has 3 heterocycles. The van der Waals surface area contributed by atoms with Crippen LogP contribution in [0.1, 0.15) is 41.7 Å². The van der Waals surface area contributed by atoms with E-state index in [2.05, 4.69) is 15.5 Å². The van der Waals surface area contributed by atoms with E-state index in [9.17, 15) is 9.59 Å². The van der Waals surface area contributed by atoms with Crippen molar-refractivity contribution in [3.8, 4) is 0 Å². The number of esters is 1. The van der Waals surface area contributed by atoms with Crippen molar-refractivity contribution >= 4 is 23.3 Å². The van der Waals surface area contributed by atoms with Gasteiger partial charge in [-0.3, -0.25) is 10.00 Å². The summed E-state index contributed by atoms with van der Waals surface area (Å²) < 4.78 is 5.29. The summed E-state index contributed by atoms with van der Waals surface area (Å²) in [4.78, 5) is 28.4. The number of hydrogen-bond acceptors (Lipinski definition) is 5. The quantitative estimate of drug-likeness (QED) is 0.744. The van der Waals surface area contributed by atoms with Crippen LogP contribution in [0.15, 0.2) is 28.8 Å². The molecule has 1 atom stereocenters. The van der Waals surface area contributed by atoms with Crippen LogP contribution in [0.2, 0.25) is 0 Å². The number of nitrogens with one attached hydrogen (secondary N) is 2. The largest absolute Gasteiger partial charge is 0.463 e. The van der Waals surface area contributed by atoms with Gasteiger partial charge >= 0.3 is 12.0 Å². The number of H-pyrrole nitrogens is 1. The van der Waals surface area contributed by atoms with Crippen molar-refractivity contribution in [3.05, 3.63) is 50.6 Å². The first-order valence-electron chi connectivity index (χ1n) is 8.93. The van der Waals surface area contributed by atoms with Gasteiger partial charge in [0, 0.05) is 28.4 Å². The number of aromatic amines is 1. The third-order valence-electron chi connectivity index (χ3n) is 4.73. The molecule has 0 radical (unpaired) electrons. The van der Waals surface area contributed by atoms with E-state index in [4.69, 9.17) is 4.74 Å². The molecule has 0 saturated heterocycles. The highest BCUT2D eigenvalue weighted by Gasteiger charge is 2.38. The Hall–Kier alpha value is -2.61. The van der Waals surface area contributed by atoms with E-state index in [1.54, 1.807) is 30.1 Å². The number of amides is 2. The van der Waals surface area contributed by atoms with Gasteiger partial charge in [0.1, 0.15) is 0 Å². The summed E-state index contributed by atoms with van der Waals surface area (Å²) in [6, 6.07) is 3.23. The highest BCUT2D eigenvalue weighted by atomic mass is 32.1. The van der Waals surface area contributed by atoms with Crippen molar-refractivity contribution in [3.63, 3.8) is 0 Å². The van der Waals surface area contributed by atoms with Crippen molar-refractivity contribution in [1.29, 1.82) is 0 Å². The minimum Gasteiger partial charge on any atom is -0.463 e. The van der Waals surface area contributed by atoms with E-state index >= 15 is 0 Å². The minimum atomic E-state index is -0.576. The first-order chi connectivity index (χ1) is 12.9. The van der Waals surface area contributed by atoms with Crippen LogP contribution < -0.4 is 5.32 Å². The number of urea groups is 1. The molecule has 27 heavy (non-hydrogen) atoms. The molecule has 144 valence electrons. The number of aryl methyl sites for hydroxylation is 2. The van der Waals surface area contributed by atoms with Crippen LogP contribution in [0, 0.1) is 13.8 Å². The number of hydrogen-bond donors (Lipinski definition) is 2. The fourth-order valence-electron chi connectivity index (χ4n) is 3.40. The van der Waals surface area contributed by atoms with Crippen LogP contribution in [-0.4, -0.2) is 40.2 Å². The van der Waals surface area contributed by atoms with E-state index in [-0.39, 0.29) is 12.6 Å². The van der Waals surface area contributed by atoms with Crippen molar-refractivity contribution in [2.45, 2.75) is 40.2 Å². The number of aromatic nitrogens is 2. The van der Waals surface area contributed by atoms with Crippen LogP contribution in [-0.2, 0) is 16.0 Å². The number of carbonyl (C=O) groups excluding carboxylic acids is 2. The van der Waals surface area contributed by atoms with Gasteiger partial charge in [-0.2, -0.15) is 5.10 Å². The SMILES string of the molecule is CCOC(=O)C1=C(C)N(CCc2cccs2)C(=O)N[C@@H]1c1c(C)n[nH]c1C. The van der Waals surface area contributed by atoms with Gasteiger partial charge in [0.2, 0.25) is 0 Å². The molecule has 0 unspecified atom stereocenters. The number of nitrogens with zero attached hydrogens (tertiary/aromatic N) is 2. The van der Waals surface area contributed by atoms with E-state index in [1.807, 2.05) is 31.4 Å². The molecule has 1 aliphatic heterocycles. The van der Waals surface area contributed by atoms with Gasteiger partial charge in [0.15, 0.2) is 0 Å². The van der Waals surface area contributed by atoms with Gasteiger partial charge < -0.3 is 10.1 Å². The molecule has 2 amide bonds. The molecule has 0 saturated carbocycles. The molecule has 0 bridgehead atoms. The molecule has 0 aromatic carbocycles. The first-order valence-corrected chi connectivity index (χ1v) is 9.81. The molecule has 3 rings (SSSR count). The Morgan fingerprint density at radius 1 is 1.37 bits per heavy atom. The van der Waals surface area contributed by atoms with Crippen molar-refractivity contribution in [2.24, 2.45) is 0 Å². The molecule has 0 fully saturated rings. The second-order valence-electron chi connectivity index (χ2n) is 6.43. The molecule has 7 nitrogen and oxygen atoms in total. The van der Waals surface area contributed by atoms with Gasteiger partial charge in [0.25, 0.3) is 0 Å². The molecular weight excluding hydrogens is 364 g/mol. The molecule has 1 aliphatic rings. The topological polar surface area (TPSA) is 87.3 Å². The molecule has 2 aromatic heterocycles. The maximum atomic E-state index is 12.8. The number of allylic oxidation sites excluding steroid dienone is 1. The normalized spacial score (nSPS) is 17.3. The average Bonchev–Trinajstić information content (AvgIpc) is 3.24. The monoisotopic (exact) mass is 388 g/mol. The van der Waals surface area contributed by atoms with Gasteiger partial charge in [-0.15, -0.1) is 11.3 Å². The van der Waals surface area contributed by atoms with Crippen molar-refractivity contribution in [1.82, 2.24) is 20.4 Å². The second-order valence-corrected chi connectivity index (χ2v) is 7.46. The fraction of sp³-hybridized carbons (Fsp3) is 0.421. The third kappa shape index (κ3) is 3.75. The number of ether oxygens (including phenoxy) is 1. The molecule has 8 heteroatoms. The zero-order valence-electron chi connectivity index (χ0n) is 16.0. The number of carbonyl (C=O) groups is 2.